The van der Waals surface area contributed by atoms with Gasteiger partial charge in [-0.25, -0.2) is 9.36 Å². The molecule has 1 atom stereocenters. The monoisotopic (exact) mass is 284 g/mol. The Hall–Kier alpha value is -0.120. The molecule has 82 valence electrons. The van der Waals surface area contributed by atoms with Crippen LogP contribution in [0.5, 0.6) is 0 Å². The fourth-order valence-electron chi connectivity index (χ4n) is 0.641. The van der Waals surface area contributed by atoms with Gasteiger partial charge in [0.05, 0.1) is 12.8 Å². The molecule has 0 radical (unpaired) electrons. The molecule has 0 N–H and O–H groups in total. The Bertz CT molecular complexity index is 254. The molecule has 0 aromatic heterocycles. The average Bonchev–Trinajstić information content (AvgIpc) is 2.04. The summed E-state index contributed by atoms with van der Waals surface area (Å²) in [5.74, 6) is -0.678. The van der Waals surface area contributed by atoms with E-state index in [2.05, 4.69) is 22.5 Å². The van der Waals surface area contributed by atoms with Gasteiger partial charge in [0.25, 0.3) is 0 Å². The molecular formula is C8H14BrO4P. The maximum absolute atomic E-state index is 11.8. The highest BCUT2D eigenvalue weighted by atomic mass is 79.9. The Balaban J connectivity index is 4.44. The van der Waals surface area contributed by atoms with E-state index < -0.39 is 13.6 Å². The van der Waals surface area contributed by atoms with Crippen LogP contribution in [0.25, 0.3) is 0 Å². The molecule has 0 heterocycles. The van der Waals surface area contributed by atoms with Crippen LogP contribution in [0.4, 0.5) is 0 Å². The van der Waals surface area contributed by atoms with Gasteiger partial charge in [-0.1, -0.05) is 22.5 Å². The number of rotatable bonds is 6. The Morgan fingerprint density at radius 2 is 2.14 bits per heavy atom. The number of hydrogen-bond donors (Lipinski definition) is 0. The molecule has 0 bridgehead atoms. The standard InChI is InChI=1S/C8H14BrO4P/c1-4-12-14(11,6-5-9)13-8(10)7(2)3/h2,4-6H2,1,3H3. The van der Waals surface area contributed by atoms with Crippen molar-refractivity contribution in [3.05, 3.63) is 12.2 Å². The van der Waals surface area contributed by atoms with E-state index in [1.807, 2.05) is 0 Å². The van der Waals surface area contributed by atoms with Crippen molar-refractivity contribution in [3.63, 3.8) is 0 Å². The van der Waals surface area contributed by atoms with Crippen LogP contribution in [0, 0.1) is 0 Å². The van der Waals surface area contributed by atoms with Gasteiger partial charge in [-0.3, -0.25) is 4.52 Å². The summed E-state index contributed by atoms with van der Waals surface area (Å²) >= 11 is 3.12. The van der Waals surface area contributed by atoms with E-state index in [0.29, 0.717) is 5.33 Å². The largest absolute Gasteiger partial charge is 0.388 e. The van der Waals surface area contributed by atoms with Crippen molar-refractivity contribution in [2.75, 3.05) is 18.1 Å². The molecular weight excluding hydrogens is 271 g/mol. The minimum absolute atomic E-state index is 0.167. The lowest BCUT2D eigenvalue weighted by molar-refractivity contribution is -0.130. The summed E-state index contributed by atoms with van der Waals surface area (Å²) in [6.45, 7) is 6.82. The first-order valence-corrected chi connectivity index (χ1v) is 6.99. The minimum Gasteiger partial charge on any atom is -0.388 e. The van der Waals surface area contributed by atoms with Crippen LogP contribution in [0.15, 0.2) is 12.2 Å². The normalized spacial score (nSPS) is 14.5. The zero-order valence-corrected chi connectivity index (χ0v) is 10.8. The van der Waals surface area contributed by atoms with Gasteiger partial charge < -0.3 is 4.52 Å². The van der Waals surface area contributed by atoms with Crippen molar-refractivity contribution in [2.24, 2.45) is 0 Å². The Morgan fingerprint density at radius 1 is 1.57 bits per heavy atom. The zero-order chi connectivity index (χ0) is 11.2. The Morgan fingerprint density at radius 3 is 2.50 bits per heavy atom. The van der Waals surface area contributed by atoms with Gasteiger partial charge in [-0.2, -0.15) is 0 Å². The molecule has 0 saturated heterocycles. The van der Waals surface area contributed by atoms with E-state index in [4.69, 9.17) is 9.05 Å². The van der Waals surface area contributed by atoms with Gasteiger partial charge in [-0.05, 0) is 13.8 Å². The molecule has 0 fully saturated rings. The molecule has 6 heteroatoms. The smallest absolute Gasteiger partial charge is 0.382 e. The van der Waals surface area contributed by atoms with Crippen molar-refractivity contribution < 1.29 is 18.4 Å². The maximum atomic E-state index is 11.8. The molecule has 1 unspecified atom stereocenters. The lowest BCUT2D eigenvalue weighted by Crippen LogP contribution is -2.08. The van der Waals surface area contributed by atoms with E-state index >= 15 is 0 Å². The molecule has 0 aliphatic carbocycles. The van der Waals surface area contributed by atoms with E-state index in [9.17, 15) is 9.36 Å². The predicted octanol–water partition coefficient (Wildman–Crippen LogP) is 2.73. The van der Waals surface area contributed by atoms with Gasteiger partial charge in [0.1, 0.15) is 0 Å². The van der Waals surface area contributed by atoms with Gasteiger partial charge in [0.15, 0.2) is 0 Å². The topological polar surface area (TPSA) is 52.6 Å². The summed E-state index contributed by atoms with van der Waals surface area (Å²) in [7, 11) is -3.29. The Labute approximate surface area is 92.3 Å². The first-order chi connectivity index (χ1) is 6.45. The lowest BCUT2D eigenvalue weighted by Gasteiger charge is -2.16. The van der Waals surface area contributed by atoms with Crippen LogP contribution >= 0.6 is 23.5 Å². The van der Waals surface area contributed by atoms with Crippen LogP contribution in [-0.2, 0) is 18.4 Å². The average molecular weight is 285 g/mol. The van der Waals surface area contributed by atoms with Crippen LogP contribution in [0.3, 0.4) is 0 Å². The SMILES string of the molecule is C=C(C)C(=O)OP(=O)(CCBr)OCC. The number of carbonyl (C=O) groups excluding carboxylic acids is 1. The molecule has 0 spiro atoms. The minimum atomic E-state index is -3.29. The number of carbonyl (C=O) groups is 1. The van der Waals surface area contributed by atoms with Crippen molar-refractivity contribution in [1.29, 1.82) is 0 Å². The van der Waals surface area contributed by atoms with Crippen molar-refractivity contribution in [3.8, 4) is 0 Å². The summed E-state index contributed by atoms with van der Waals surface area (Å²) in [5, 5.41) is 0.452. The van der Waals surface area contributed by atoms with E-state index in [1.54, 1.807) is 6.92 Å². The van der Waals surface area contributed by atoms with Gasteiger partial charge in [0.2, 0.25) is 0 Å². The third kappa shape index (κ3) is 4.94. The molecule has 4 nitrogen and oxygen atoms in total. The van der Waals surface area contributed by atoms with Crippen LogP contribution in [0.1, 0.15) is 13.8 Å². The highest BCUT2D eigenvalue weighted by molar-refractivity contribution is 9.09. The number of hydrogen-bond acceptors (Lipinski definition) is 4. The number of halogens is 1. The summed E-state index contributed by atoms with van der Waals surface area (Å²) in [6, 6.07) is 0. The molecule has 0 aliphatic heterocycles. The molecule has 0 aliphatic rings. The quantitative estimate of drug-likeness (QED) is 0.428. The Kier molecular flexibility index (Phi) is 6.33. The molecule has 14 heavy (non-hydrogen) atoms. The second kappa shape index (κ2) is 6.38. The second-order valence-corrected chi connectivity index (χ2v) is 5.50. The summed E-state index contributed by atoms with van der Waals surface area (Å²) in [4.78, 5) is 11.1. The van der Waals surface area contributed by atoms with Gasteiger partial charge >= 0.3 is 13.6 Å². The number of alkyl halides is 1. The second-order valence-electron chi connectivity index (χ2n) is 2.60. The van der Waals surface area contributed by atoms with Crippen molar-refractivity contribution >= 4 is 29.5 Å². The molecule has 0 rings (SSSR count). The summed E-state index contributed by atoms with van der Waals surface area (Å²) in [5.41, 5.74) is 0.208. The van der Waals surface area contributed by atoms with E-state index in [0.717, 1.165) is 0 Å². The lowest BCUT2D eigenvalue weighted by atomic mass is 10.4. The van der Waals surface area contributed by atoms with Gasteiger partial charge in [-0.15, -0.1) is 0 Å². The molecule has 0 aromatic carbocycles. The van der Waals surface area contributed by atoms with Crippen LogP contribution in [0.2, 0.25) is 0 Å². The molecule has 0 aromatic rings. The zero-order valence-electron chi connectivity index (χ0n) is 8.29. The van der Waals surface area contributed by atoms with Gasteiger partial charge in [0, 0.05) is 10.9 Å². The first-order valence-electron chi connectivity index (χ1n) is 4.14. The fourth-order valence-corrected chi connectivity index (χ4v) is 3.23. The predicted molar refractivity (Wildman–Crippen MR) is 58.8 cm³/mol. The maximum Gasteiger partial charge on any atom is 0.382 e. The van der Waals surface area contributed by atoms with E-state index in [1.165, 1.54) is 6.92 Å². The van der Waals surface area contributed by atoms with E-state index in [-0.39, 0.29) is 18.3 Å². The first kappa shape index (κ1) is 13.9. The molecule has 0 amide bonds. The summed E-state index contributed by atoms with van der Waals surface area (Å²) < 4.78 is 21.5. The third-order valence-electron chi connectivity index (χ3n) is 1.25. The molecule has 0 saturated carbocycles. The highest BCUT2D eigenvalue weighted by Gasteiger charge is 2.27. The van der Waals surface area contributed by atoms with Crippen LogP contribution < -0.4 is 0 Å². The van der Waals surface area contributed by atoms with Crippen molar-refractivity contribution in [2.45, 2.75) is 13.8 Å². The third-order valence-corrected chi connectivity index (χ3v) is 4.13. The highest BCUT2D eigenvalue weighted by Crippen LogP contribution is 2.48. The van der Waals surface area contributed by atoms with Crippen LogP contribution in [-0.4, -0.2) is 24.1 Å². The van der Waals surface area contributed by atoms with Crippen molar-refractivity contribution in [1.82, 2.24) is 0 Å². The summed E-state index contributed by atoms with van der Waals surface area (Å²) in [6.07, 6.45) is 0.167. The fraction of sp³-hybridized carbons (Fsp3) is 0.625.